The van der Waals surface area contributed by atoms with E-state index >= 15 is 0 Å². The van der Waals surface area contributed by atoms with E-state index in [1.807, 2.05) is 6.07 Å². The first-order valence-electron chi connectivity index (χ1n) is 6.40. The van der Waals surface area contributed by atoms with Crippen molar-refractivity contribution >= 4 is 16.9 Å². The molecule has 0 spiro atoms. The molecule has 0 saturated carbocycles. The zero-order chi connectivity index (χ0) is 15.2. The average Bonchev–Trinajstić information content (AvgIpc) is 2.49. The summed E-state index contributed by atoms with van der Waals surface area (Å²) in [6, 6.07) is 14.5. The Morgan fingerprint density at radius 2 is 1.71 bits per heavy atom. The smallest absolute Gasteiger partial charge is 0.230 e. The molecule has 0 aromatic heterocycles. The lowest BCUT2D eigenvalue weighted by atomic mass is 10.1. The molecule has 0 unspecified atom stereocenters. The maximum absolute atomic E-state index is 14.0. The van der Waals surface area contributed by atoms with Gasteiger partial charge in [0.15, 0.2) is 6.17 Å². The summed E-state index contributed by atoms with van der Waals surface area (Å²) in [5, 5.41) is 8.89. The number of rotatable bonds is 5. The highest BCUT2D eigenvalue weighted by atomic mass is 32.2. The van der Waals surface area contributed by atoms with Gasteiger partial charge >= 0.3 is 0 Å². The maximum Gasteiger partial charge on any atom is 0.230 e. The predicted molar refractivity (Wildman–Crippen MR) is 78.3 cm³/mol. The topological polar surface area (TPSA) is 37.3 Å². The van der Waals surface area contributed by atoms with Gasteiger partial charge in [0.25, 0.3) is 0 Å². The van der Waals surface area contributed by atoms with Crippen molar-refractivity contribution in [2.24, 2.45) is 0 Å². The third-order valence-electron chi connectivity index (χ3n) is 2.90. The molecule has 2 atom stereocenters. The molecule has 110 valence electrons. The molecule has 0 saturated heterocycles. The Morgan fingerprint density at radius 3 is 2.38 bits per heavy atom. The highest BCUT2D eigenvalue weighted by molar-refractivity contribution is 8.13. The van der Waals surface area contributed by atoms with Gasteiger partial charge in [-0.2, -0.15) is 0 Å². The van der Waals surface area contributed by atoms with Gasteiger partial charge in [-0.1, -0.05) is 42.5 Å². The molecular weight excluding hydrogens is 294 g/mol. The average molecular weight is 308 g/mol. The minimum absolute atomic E-state index is 0.0333. The summed E-state index contributed by atoms with van der Waals surface area (Å²) < 4.78 is 27.4. The fourth-order valence-corrected chi connectivity index (χ4v) is 2.61. The van der Waals surface area contributed by atoms with E-state index in [9.17, 15) is 18.7 Å². The van der Waals surface area contributed by atoms with Crippen LogP contribution in [0.1, 0.15) is 5.56 Å². The molecule has 2 aromatic carbocycles. The van der Waals surface area contributed by atoms with E-state index in [1.165, 1.54) is 18.2 Å². The lowest BCUT2D eigenvalue weighted by Crippen LogP contribution is -2.30. The fraction of sp³-hybridized carbons (Fsp3) is 0.188. The Kier molecular flexibility index (Phi) is 5.47. The Bertz CT molecular complexity index is 604. The minimum atomic E-state index is -2.06. The molecule has 2 aromatic rings. The van der Waals surface area contributed by atoms with Crippen LogP contribution in [0.5, 0.6) is 0 Å². The van der Waals surface area contributed by atoms with Gasteiger partial charge in [0, 0.05) is 6.42 Å². The normalized spacial score (nSPS) is 13.7. The van der Waals surface area contributed by atoms with Crippen LogP contribution in [0.15, 0.2) is 59.5 Å². The summed E-state index contributed by atoms with van der Waals surface area (Å²) in [6.07, 6.45) is -3.47. The standard InChI is InChI=1S/C16H14F2O2S/c17-12-8-4-5-9-14(12)21-16(20)15(18)13(19)10-11-6-2-1-3-7-11/h1-9,13,15,19H,10H2/t13-,15-/m0/s1. The second kappa shape index (κ2) is 7.33. The summed E-state index contributed by atoms with van der Waals surface area (Å²) in [4.78, 5) is 11.8. The minimum Gasteiger partial charge on any atom is -0.389 e. The zero-order valence-corrected chi connectivity index (χ0v) is 11.9. The van der Waals surface area contributed by atoms with E-state index in [1.54, 1.807) is 30.3 Å². The van der Waals surface area contributed by atoms with Gasteiger partial charge in [0.1, 0.15) is 5.82 Å². The Hall–Kier alpha value is -1.72. The third-order valence-corrected chi connectivity index (χ3v) is 3.88. The highest BCUT2D eigenvalue weighted by Crippen LogP contribution is 2.25. The van der Waals surface area contributed by atoms with Gasteiger partial charge < -0.3 is 5.11 Å². The second-order valence-electron chi connectivity index (χ2n) is 4.51. The van der Waals surface area contributed by atoms with Crippen LogP contribution in [0.25, 0.3) is 0 Å². The van der Waals surface area contributed by atoms with E-state index in [4.69, 9.17) is 0 Å². The molecule has 0 aliphatic carbocycles. The monoisotopic (exact) mass is 308 g/mol. The Labute approximate surface area is 125 Å². The zero-order valence-electron chi connectivity index (χ0n) is 11.1. The van der Waals surface area contributed by atoms with Crippen LogP contribution < -0.4 is 0 Å². The molecule has 0 amide bonds. The third kappa shape index (κ3) is 4.37. The van der Waals surface area contributed by atoms with Gasteiger partial charge in [0.2, 0.25) is 5.12 Å². The van der Waals surface area contributed by atoms with Crippen molar-refractivity contribution in [2.75, 3.05) is 0 Å². The lowest BCUT2D eigenvalue weighted by molar-refractivity contribution is -0.118. The van der Waals surface area contributed by atoms with Crippen molar-refractivity contribution in [1.82, 2.24) is 0 Å². The molecule has 0 bridgehead atoms. The SMILES string of the molecule is O=C(Sc1ccccc1F)[C@@H](F)[C@@H](O)Cc1ccccc1. The molecule has 0 radical (unpaired) electrons. The van der Waals surface area contributed by atoms with Crippen LogP contribution in [-0.2, 0) is 11.2 Å². The van der Waals surface area contributed by atoms with Gasteiger partial charge in [0.05, 0.1) is 11.0 Å². The second-order valence-corrected chi connectivity index (χ2v) is 5.56. The van der Waals surface area contributed by atoms with Crippen LogP contribution in [0.3, 0.4) is 0 Å². The van der Waals surface area contributed by atoms with Crippen molar-refractivity contribution in [3.8, 4) is 0 Å². The Balaban J connectivity index is 1.97. The van der Waals surface area contributed by atoms with Crippen LogP contribution >= 0.6 is 11.8 Å². The molecule has 0 heterocycles. The predicted octanol–water partition coefficient (Wildman–Crippen LogP) is 3.39. The van der Waals surface area contributed by atoms with E-state index in [-0.39, 0.29) is 11.3 Å². The van der Waals surface area contributed by atoms with Crippen molar-refractivity contribution in [2.45, 2.75) is 23.6 Å². The van der Waals surface area contributed by atoms with Crippen LogP contribution in [0.2, 0.25) is 0 Å². The summed E-state index contributed by atoms with van der Waals surface area (Å²) in [5.41, 5.74) is 0.733. The van der Waals surface area contributed by atoms with Crippen molar-refractivity contribution < 1.29 is 18.7 Å². The van der Waals surface area contributed by atoms with E-state index in [0.29, 0.717) is 11.8 Å². The number of hydrogen-bond donors (Lipinski definition) is 1. The number of aliphatic hydroxyl groups is 1. The quantitative estimate of drug-likeness (QED) is 0.860. The molecular formula is C16H14F2O2S. The number of hydrogen-bond acceptors (Lipinski definition) is 3. The first-order valence-corrected chi connectivity index (χ1v) is 7.22. The van der Waals surface area contributed by atoms with Gasteiger partial charge in [-0.25, -0.2) is 8.78 Å². The molecule has 2 nitrogen and oxygen atoms in total. The van der Waals surface area contributed by atoms with Gasteiger partial charge in [-0.15, -0.1) is 0 Å². The van der Waals surface area contributed by atoms with Crippen LogP contribution in [-0.4, -0.2) is 22.5 Å². The van der Waals surface area contributed by atoms with Gasteiger partial charge in [-0.3, -0.25) is 4.79 Å². The van der Waals surface area contributed by atoms with Crippen molar-refractivity contribution in [3.63, 3.8) is 0 Å². The van der Waals surface area contributed by atoms with E-state index in [2.05, 4.69) is 0 Å². The van der Waals surface area contributed by atoms with Crippen molar-refractivity contribution in [3.05, 3.63) is 66.0 Å². The lowest BCUT2D eigenvalue weighted by Gasteiger charge is -2.14. The number of thioether (sulfide) groups is 1. The van der Waals surface area contributed by atoms with E-state index < -0.39 is 23.2 Å². The summed E-state index contributed by atoms with van der Waals surface area (Å²) in [6.45, 7) is 0. The molecule has 5 heteroatoms. The number of carbonyl (C=O) groups excluding carboxylic acids is 1. The highest BCUT2D eigenvalue weighted by Gasteiger charge is 2.27. The molecule has 2 rings (SSSR count). The number of alkyl halides is 1. The fourth-order valence-electron chi connectivity index (χ4n) is 1.81. The molecule has 21 heavy (non-hydrogen) atoms. The van der Waals surface area contributed by atoms with Crippen LogP contribution in [0, 0.1) is 5.82 Å². The number of aliphatic hydroxyl groups excluding tert-OH is 1. The maximum atomic E-state index is 14.0. The number of benzene rings is 2. The van der Waals surface area contributed by atoms with Crippen molar-refractivity contribution in [1.29, 1.82) is 0 Å². The molecule has 0 aliphatic heterocycles. The molecule has 1 N–H and O–H groups in total. The number of carbonyl (C=O) groups is 1. The summed E-state index contributed by atoms with van der Waals surface area (Å²) in [5.74, 6) is -0.583. The molecule has 0 fully saturated rings. The first kappa shape index (κ1) is 15.7. The number of halogens is 2. The summed E-state index contributed by atoms with van der Waals surface area (Å²) in [7, 11) is 0. The van der Waals surface area contributed by atoms with E-state index in [0.717, 1.165) is 5.56 Å². The largest absolute Gasteiger partial charge is 0.389 e. The first-order chi connectivity index (χ1) is 10.1. The van der Waals surface area contributed by atoms with Crippen LogP contribution in [0.4, 0.5) is 8.78 Å². The van der Waals surface area contributed by atoms with Gasteiger partial charge in [-0.05, 0) is 29.5 Å². The molecule has 0 aliphatic rings. The Morgan fingerprint density at radius 1 is 1.10 bits per heavy atom. The summed E-state index contributed by atoms with van der Waals surface area (Å²) >= 11 is 0.468.